The molecular weight excluding hydrogens is 270 g/mol. The van der Waals surface area contributed by atoms with E-state index in [1.54, 1.807) is 23.5 Å². The van der Waals surface area contributed by atoms with Crippen molar-refractivity contribution in [1.29, 1.82) is 0 Å². The molecule has 0 saturated carbocycles. The third kappa shape index (κ3) is 2.47. The first-order chi connectivity index (χ1) is 9.78. The largest absolute Gasteiger partial charge is 0.508 e. The standard InChI is InChI=1S/C16H15NO2S/c18-10-12-5-8-14(17-12)16(15-2-1-9-20-15)11-3-6-13(19)7-4-11/h1-7,9-10,14,16-17,19H,8H2. The van der Waals surface area contributed by atoms with Crippen LogP contribution in [0.4, 0.5) is 0 Å². The summed E-state index contributed by atoms with van der Waals surface area (Å²) in [7, 11) is 0. The van der Waals surface area contributed by atoms with Crippen LogP contribution in [0.15, 0.2) is 53.6 Å². The van der Waals surface area contributed by atoms with E-state index in [2.05, 4.69) is 16.8 Å². The Hall–Kier alpha value is -2.07. The maximum atomic E-state index is 10.9. The highest BCUT2D eigenvalue weighted by atomic mass is 32.1. The molecule has 1 aliphatic heterocycles. The second-order valence-electron chi connectivity index (χ2n) is 4.85. The lowest BCUT2D eigenvalue weighted by Crippen LogP contribution is -2.30. The van der Waals surface area contributed by atoms with Gasteiger partial charge in [0.25, 0.3) is 0 Å². The highest BCUT2D eigenvalue weighted by Gasteiger charge is 2.28. The quantitative estimate of drug-likeness (QED) is 0.849. The lowest BCUT2D eigenvalue weighted by atomic mass is 9.89. The van der Waals surface area contributed by atoms with Crippen molar-refractivity contribution in [3.8, 4) is 5.75 Å². The Kier molecular flexibility index (Phi) is 3.56. The van der Waals surface area contributed by atoms with E-state index in [1.165, 1.54) is 4.88 Å². The van der Waals surface area contributed by atoms with E-state index in [4.69, 9.17) is 0 Å². The summed E-state index contributed by atoms with van der Waals surface area (Å²) < 4.78 is 0. The van der Waals surface area contributed by atoms with E-state index < -0.39 is 0 Å². The Labute approximate surface area is 121 Å². The van der Waals surface area contributed by atoms with Crippen molar-refractivity contribution in [3.63, 3.8) is 0 Å². The number of phenols is 1. The first-order valence-corrected chi connectivity index (χ1v) is 7.40. The highest BCUT2D eigenvalue weighted by molar-refractivity contribution is 7.10. The second-order valence-corrected chi connectivity index (χ2v) is 5.83. The molecule has 4 heteroatoms. The van der Waals surface area contributed by atoms with Crippen LogP contribution in [0.3, 0.4) is 0 Å². The predicted molar refractivity (Wildman–Crippen MR) is 80.0 cm³/mol. The number of aldehydes is 1. The molecule has 0 fully saturated rings. The molecule has 2 heterocycles. The lowest BCUT2D eigenvalue weighted by molar-refractivity contribution is -0.105. The van der Waals surface area contributed by atoms with Gasteiger partial charge in [-0.1, -0.05) is 24.3 Å². The molecule has 0 saturated heterocycles. The molecule has 0 spiro atoms. The van der Waals surface area contributed by atoms with Crippen LogP contribution in [0.25, 0.3) is 0 Å². The zero-order chi connectivity index (χ0) is 13.9. The van der Waals surface area contributed by atoms with Crippen LogP contribution < -0.4 is 5.32 Å². The number of nitrogens with one attached hydrogen (secondary N) is 1. The number of allylic oxidation sites excluding steroid dienone is 1. The Morgan fingerprint density at radius 1 is 1.30 bits per heavy atom. The van der Waals surface area contributed by atoms with Crippen LogP contribution in [0.2, 0.25) is 0 Å². The summed E-state index contributed by atoms with van der Waals surface area (Å²) in [5, 5.41) is 14.8. The van der Waals surface area contributed by atoms with Gasteiger partial charge < -0.3 is 10.4 Å². The maximum Gasteiger partial charge on any atom is 0.165 e. The van der Waals surface area contributed by atoms with E-state index >= 15 is 0 Å². The fraction of sp³-hybridized carbons (Fsp3) is 0.188. The van der Waals surface area contributed by atoms with Gasteiger partial charge in [0.05, 0.1) is 5.70 Å². The fourth-order valence-corrected chi connectivity index (χ4v) is 3.55. The Balaban J connectivity index is 1.93. The zero-order valence-corrected chi connectivity index (χ0v) is 11.6. The van der Waals surface area contributed by atoms with E-state index in [-0.39, 0.29) is 17.7 Å². The molecule has 0 bridgehead atoms. The van der Waals surface area contributed by atoms with Crippen molar-refractivity contribution in [2.75, 3.05) is 0 Å². The molecule has 0 radical (unpaired) electrons. The van der Waals surface area contributed by atoms with E-state index in [0.717, 1.165) is 18.3 Å². The number of thiophene rings is 1. The Morgan fingerprint density at radius 2 is 2.10 bits per heavy atom. The fourth-order valence-electron chi connectivity index (χ4n) is 2.63. The van der Waals surface area contributed by atoms with Gasteiger partial charge >= 0.3 is 0 Å². The molecular formula is C16H15NO2S. The van der Waals surface area contributed by atoms with Crippen LogP contribution in [0, 0.1) is 0 Å². The van der Waals surface area contributed by atoms with Gasteiger partial charge in [-0.05, 0) is 35.6 Å². The smallest absolute Gasteiger partial charge is 0.165 e. The molecule has 1 aromatic carbocycles. The van der Waals surface area contributed by atoms with Gasteiger partial charge in [0, 0.05) is 16.8 Å². The summed E-state index contributed by atoms with van der Waals surface area (Å²) in [6, 6.07) is 11.6. The minimum absolute atomic E-state index is 0.179. The van der Waals surface area contributed by atoms with Crippen LogP contribution >= 0.6 is 11.3 Å². The number of carbonyl (C=O) groups is 1. The molecule has 20 heavy (non-hydrogen) atoms. The van der Waals surface area contributed by atoms with E-state index in [0.29, 0.717) is 5.70 Å². The van der Waals surface area contributed by atoms with Crippen LogP contribution in [-0.2, 0) is 4.79 Å². The molecule has 3 nitrogen and oxygen atoms in total. The molecule has 0 amide bonds. The van der Waals surface area contributed by atoms with Crippen LogP contribution in [0.1, 0.15) is 22.8 Å². The van der Waals surface area contributed by atoms with Crippen LogP contribution in [0.5, 0.6) is 5.75 Å². The number of hydrogen-bond acceptors (Lipinski definition) is 4. The van der Waals surface area contributed by atoms with Crippen molar-refractivity contribution < 1.29 is 9.90 Å². The van der Waals surface area contributed by atoms with Gasteiger partial charge in [0.15, 0.2) is 6.29 Å². The molecule has 2 N–H and O–H groups in total. The maximum absolute atomic E-state index is 10.9. The van der Waals surface area contributed by atoms with Crippen LogP contribution in [-0.4, -0.2) is 17.4 Å². The summed E-state index contributed by atoms with van der Waals surface area (Å²) in [5.74, 6) is 0.453. The summed E-state index contributed by atoms with van der Waals surface area (Å²) in [6.07, 6.45) is 3.64. The van der Waals surface area contributed by atoms with E-state index in [9.17, 15) is 9.90 Å². The summed E-state index contributed by atoms with van der Waals surface area (Å²) in [4.78, 5) is 12.1. The zero-order valence-electron chi connectivity index (χ0n) is 10.8. The second kappa shape index (κ2) is 5.51. The van der Waals surface area contributed by atoms with Crippen molar-refractivity contribution in [2.24, 2.45) is 0 Å². The average Bonchev–Trinajstić information content (AvgIpc) is 3.13. The van der Waals surface area contributed by atoms with Crippen molar-refractivity contribution in [3.05, 3.63) is 64.0 Å². The molecule has 3 rings (SSSR count). The normalized spacial score (nSPS) is 19.2. The molecule has 1 aromatic heterocycles. The number of rotatable bonds is 4. The number of benzene rings is 1. The number of hydrogen-bond donors (Lipinski definition) is 2. The summed E-state index contributed by atoms with van der Waals surface area (Å²) >= 11 is 1.71. The first kappa shape index (κ1) is 12.9. The van der Waals surface area contributed by atoms with Crippen molar-refractivity contribution in [2.45, 2.75) is 18.4 Å². The van der Waals surface area contributed by atoms with Crippen molar-refractivity contribution >= 4 is 17.6 Å². The third-order valence-electron chi connectivity index (χ3n) is 3.58. The van der Waals surface area contributed by atoms with Gasteiger partial charge in [-0.3, -0.25) is 4.79 Å². The van der Waals surface area contributed by atoms with Gasteiger partial charge in [-0.15, -0.1) is 11.3 Å². The Morgan fingerprint density at radius 3 is 2.70 bits per heavy atom. The van der Waals surface area contributed by atoms with Gasteiger partial charge in [0.1, 0.15) is 5.75 Å². The number of aromatic hydroxyl groups is 1. The molecule has 2 aromatic rings. The number of phenolic OH excluding ortho intramolecular Hbond substituents is 1. The van der Waals surface area contributed by atoms with E-state index in [1.807, 2.05) is 24.3 Å². The highest BCUT2D eigenvalue weighted by Crippen LogP contribution is 2.35. The minimum atomic E-state index is 0.179. The lowest BCUT2D eigenvalue weighted by Gasteiger charge is -2.24. The molecule has 0 aliphatic carbocycles. The topological polar surface area (TPSA) is 49.3 Å². The summed E-state index contributed by atoms with van der Waals surface area (Å²) in [6.45, 7) is 0. The van der Waals surface area contributed by atoms with Gasteiger partial charge in [0.2, 0.25) is 0 Å². The number of carbonyl (C=O) groups excluding carboxylic acids is 1. The average molecular weight is 285 g/mol. The Bertz CT molecular complexity index is 616. The SMILES string of the molecule is O=CC1=CCC(C(c2ccc(O)cc2)c2cccs2)N1. The predicted octanol–water partition coefficient (Wildman–Crippen LogP) is 3.03. The summed E-state index contributed by atoms with van der Waals surface area (Å²) in [5.41, 5.74) is 1.80. The first-order valence-electron chi connectivity index (χ1n) is 6.52. The molecule has 102 valence electrons. The van der Waals surface area contributed by atoms with Gasteiger partial charge in [-0.25, -0.2) is 0 Å². The molecule has 1 aliphatic rings. The minimum Gasteiger partial charge on any atom is -0.508 e. The molecule has 2 unspecified atom stereocenters. The monoisotopic (exact) mass is 285 g/mol. The third-order valence-corrected chi connectivity index (χ3v) is 4.53. The van der Waals surface area contributed by atoms with Gasteiger partial charge in [-0.2, -0.15) is 0 Å². The molecule has 2 atom stereocenters. The van der Waals surface area contributed by atoms with Crippen molar-refractivity contribution in [1.82, 2.24) is 5.32 Å².